The molecule has 2 N–H and O–H groups in total. The van der Waals surface area contributed by atoms with Crippen LogP contribution in [-0.4, -0.2) is 34.6 Å². The van der Waals surface area contributed by atoms with Crippen LogP contribution in [0.4, 0.5) is 11.4 Å². The fourth-order valence-electron chi connectivity index (χ4n) is 7.96. The first-order valence-electron chi connectivity index (χ1n) is 14.6. The summed E-state index contributed by atoms with van der Waals surface area (Å²) >= 11 is 15.3. The number of nitrogens with one attached hydrogen (secondary N) is 2. The van der Waals surface area contributed by atoms with E-state index in [1.54, 1.807) is 60.3 Å². The predicted molar refractivity (Wildman–Crippen MR) is 174 cm³/mol. The highest BCUT2D eigenvalue weighted by Crippen LogP contribution is 2.69. The monoisotopic (exact) mass is 677 g/mol. The Balaban J connectivity index is 1.14. The number of nitrogens with zero attached hydrogens (tertiary/aromatic N) is 1. The number of halogens is 2. The maximum Gasteiger partial charge on any atom is 0.305 e. The van der Waals surface area contributed by atoms with Gasteiger partial charge in [0.2, 0.25) is 11.8 Å². The second-order valence-corrected chi connectivity index (χ2v) is 14.9. The van der Waals surface area contributed by atoms with Crippen LogP contribution in [0.15, 0.2) is 82.6 Å². The first-order chi connectivity index (χ1) is 21.8. The zero-order valence-electron chi connectivity index (χ0n) is 23.4. The van der Waals surface area contributed by atoms with Gasteiger partial charge in [0.1, 0.15) is 5.75 Å². The molecule has 228 valence electrons. The lowest BCUT2D eigenvalue weighted by Gasteiger charge is -2.43. The van der Waals surface area contributed by atoms with Gasteiger partial charge in [-0.15, -0.1) is 11.8 Å². The summed E-state index contributed by atoms with van der Waals surface area (Å²) in [6.45, 7) is -0.251. The van der Waals surface area contributed by atoms with Crippen molar-refractivity contribution >= 4 is 75.4 Å². The van der Waals surface area contributed by atoms with Crippen LogP contribution in [-0.2, 0) is 14.4 Å². The summed E-state index contributed by atoms with van der Waals surface area (Å²) in [6.07, 6.45) is 0.758. The number of thioether (sulfide) groups is 1. The number of imide groups is 1. The SMILES string of the molecule is O=C(COc1ccc(Cl)cc1[C@@H]1c2sc(=O)[nH]c2S[C@@H]2[C@@H]3C[C@@H]([C@@H]4C(=O)N(c5ccccc5)C(=O)[C@@H]34)[C@H]12)Nc1ccc(Cl)cc1. The van der Waals surface area contributed by atoms with E-state index in [-0.39, 0.29) is 58.1 Å². The highest BCUT2D eigenvalue weighted by molar-refractivity contribution is 8.00. The summed E-state index contributed by atoms with van der Waals surface area (Å²) < 4.78 is 6.14. The van der Waals surface area contributed by atoms with E-state index in [1.165, 1.54) is 4.90 Å². The molecule has 4 aliphatic rings. The van der Waals surface area contributed by atoms with Gasteiger partial charge in [-0.2, -0.15) is 0 Å². The zero-order valence-corrected chi connectivity index (χ0v) is 26.6. The standard InChI is InChI=1S/C33H25Cl2N3O5S2/c34-15-6-9-17(10-7-15)36-23(39)14-43-22-11-8-16(35)12-19(22)24-25-20-13-21(28(25)44-30-29(24)45-33(42)37-30)27-26(20)31(40)38(32(27)41)18-4-2-1-3-5-18/h1-12,20-21,24-28H,13-14H2,(H,36,39)(H,37,42)/t20-,21-,24+,25-,26+,27+,28-/m1/s1. The molecule has 1 saturated heterocycles. The van der Waals surface area contributed by atoms with Crippen molar-refractivity contribution in [1.82, 2.24) is 4.98 Å². The maximum absolute atomic E-state index is 14.0. The molecule has 8 rings (SSSR count). The van der Waals surface area contributed by atoms with E-state index in [1.807, 2.05) is 24.3 Å². The van der Waals surface area contributed by atoms with E-state index in [2.05, 4.69) is 10.3 Å². The molecular weight excluding hydrogens is 653 g/mol. The van der Waals surface area contributed by atoms with Crippen LogP contribution < -0.4 is 19.8 Å². The molecule has 7 atom stereocenters. The van der Waals surface area contributed by atoms with Gasteiger partial charge in [-0.1, -0.05) is 52.7 Å². The summed E-state index contributed by atoms with van der Waals surface area (Å²) in [5, 5.41) is 4.65. The van der Waals surface area contributed by atoms with Crippen molar-refractivity contribution in [3.63, 3.8) is 0 Å². The summed E-state index contributed by atoms with van der Waals surface area (Å²) in [6, 6.07) is 21.2. The molecule has 0 spiro atoms. The van der Waals surface area contributed by atoms with Gasteiger partial charge in [0.25, 0.3) is 5.91 Å². The van der Waals surface area contributed by atoms with Crippen molar-refractivity contribution < 1.29 is 19.1 Å². The van der Waals surface area contributed by atoms with Crippen molar-refractivity contribution in [3.05, 3.63) is 103 Å². The van der Waals surface area contributed by atoms with E-state index < -0.39 is 11.8 Å². The predicted octanol–water partition coefficient (Wildman–Crippen LogP) is 6.44. The average molecular weight is 679 g/mol. The molecule has 2 saturated carbocycles. The minimum Gasteiger partial charge on any atom is -0.483 e. The van der Waals surface area contributed by atoms with Crippen LogP contribution in [0.1, 0.15) is 22.8 Å². The first-order valence-corrected chi connectivity index (χ1v) is 17.0. The van der Waals surface area contributed by atoms with E-state index in [0.717, 1.165) is 33.2 Å². The average Bonchev–Trinajstić information content (AvgIpc) is 3.77. The number of thiazole rings is 1. The van der Waals surface area contributed by atoms with E-state index in [0.29, 0.717) is 27.2 Å². The molecule has 1 aromatic heterocycles. The number of carbonyl (C=O) groups is 3. The molecule has 0 radical (unpaired) electrons. The number of hydrogen-bond donors (Lipinski definition) is 2. The normalized spacial score (nSPS) is 27.7. The lowest BCUT2D eigenvalue weighted by molar-refractivity contribution is -0.123. The molecule has 12 heteroatoms. The van der Waals surface area contributed by atoms with Crippen molar-refractivity contribution in [2.75, 3.05) is 16.8 Å². The highest BCUT2D eigenvalue weighted by atomic mass is 35.5. The molecule has 3 amide bonds. The largest absolute Gasteiger partial charge is 0.483 e. The Morgan fingerprint density at radius 2 is 1.64 bits per heavy atom. The topological polar surface area (TPSA) is 109 Å². The van der Waals surface area contributed by atoms with Crippen molar-refractivity contribution in [1.29, 1.82) is 0 Å². The van der Waals surface area contributed by atoms with Crippen LogP contribution in [0, 0.1) is 29.6 Å². The Labute approximate surface area is 276 Å². The number of rotatable bonds is 6. The van der Waals surface area contributed by atoms with Crippen LogP contribution in [0.5, 0.6) is 5.75 Å². The van der Waals surface area contributed by atoms with Gasteiger partial charge >= 0.3 is 4.87 Å². The maximum atomic E-state index is 14.0. The molecule has 8 nitrogen and oxygen atoms in total. The van der Waals surface area contributed by atoms with Gasteiger partial charge in [-0.25, -0.2) is 0 Å². The number of amides is 3. The number of fused-ring (bicyclic) bond motifs is 9. The fraction of sp³-hybridized carbons (Fsp3) is 0.273. The number of aromatic amines is 1. The second-order valence-electron chi connectivity index (χ2n) is 11.8. The van der Waals surface area contributed by atoms with Crippen molar-refractivity contribution in [3.8, 4) is 5.75 Å². The Morgan fingerprint density at radius 3 is 2.40 bits per heavy atom. The Hall–Kier alpha value is -3.57. The van der Waals surface area contributed by atoms with E-state index in [4.69, 9.17) is 27.9 Å². The number of hydrogen-bond acceptors (Lipinski definition) is 7. The molecular formula is C33H25Cl2N3O5S2. The number of carbonyl (C=O) groups excluding carboxylic acids is 3. The third kappa shape index (κ3) is 4.72. The van der Waals surface area contributed by atoms with Crippen LogP contribution in [0.25, 0.3) is 0 Å². The molecule has 0 unspecified atom stereocenters. The first kappa shape index (κ1) is 28.9. The molecule has 4 aromatic rings. The van der Waals surface area contributed by atoms with Gasteiger partial charge in [0.15, 0.2) is 6.61 Å². The highest BCUT2D eigenvalue weighted by Gasteiger charge is 2.69. The van der Waals surface area contributed by atoms with E-state index in [9.17, 15) is 19.2 Å². The van der Waals surface area contributed by atoms with Gasteiger partial charge in [0.05, 0.1) is 22.5 Å². The minimum absolute atomic E-state index is 0.00603. The Morgan fingerprint density at radius 1 is 0.933 bits per heavy atom. The molecule has 2 bridgehead atoms. The summed E-state index contributed by atoms with van der Waals surface area (Å²) in [5.41, 5.74) is 1.95. The number of anilines is 2. The van der Waals surface area contributed by atoms with Crippen LogP contribution in [0.3, 0.4) is 0 Å². The second kappa shape index (κ2) is 11.0. The number of benzene rings is 3. The van der Waals surface area contributed by atoms with E-state index >= 15 is 0 Å². The zero-order chi connectivity index (χ0) is 31.0. The van der Waals surface area contributed by atoms with Crippen molar-refractivity contribution in [2.24, 2.45) is 29.6 Å². The lowest BCUT2D eigenvalue weighted by atomic mass is 9.68. The number of aromatic nitrogens is 1. The Bertz CT molecular complexity index is 1910. The van der Waals surface area contributed by atoms with Gasteiger partial charge in [-0.3, -0.25) is 24.1 Å². The minimum atomic E-state index is -0.432. The summed E-state index contributed by atoms with van der Waals surface area (Å²) in [7, 11) is 0. The smallest absolute Gasteiger partial charge is 0.305 e. The molecule has 2 aliphatic carbocycles. The molecule has 3 heterocycles. The van der Waals surface area contributed by atoms with Gasteiger partial charge in [-0.05, 0) is 78.8 Å². The molecule has 3 fully saturated rings. The van der Waals surface area contributed by atoms with Gasteiger partial charge in [0, 0.05) is 37.3 Å². The summed E-state index contributed by atoms with van der Waals surface area (Å²) in [5.74, 6) is -1.43. The third-order valence-electron chi connectivity index (χ3n) is 9.53. The number of H-pyrrole nitrogens is 1. The molecule has 2 aliphatic heterocycles. The van der Waals surface area contributed by atoms with Crippen LogP contribution in [0.2, 0.25) is 10.0 Å². The fourth-order valence-corrected chi connectivity index (χ4v) is 11.2. The summed E-state index contributed by atoms with van der Waals surface area (Å²) in [4.78, 5) is 58.4. The molecule has 3 aromatic carbocycles. The number of para-hydroxylation sites is 1. The number of ether oxygens (including phenoxy) is 1. The quantitative estimate of drug-likeness (QED) is 0.228. The lowest BCUT2D eigenvalue weighted by Crippen LogP contribution is -2.42. The Kier molecular flexibility index (Phi) is 7.09. The molecule has 45 heavy (non-hydrogen) atoms. The third-order valence-corrected chi connectivity index (χ3v) is 12.6. The van der Waals surface area contributed by atoms with Crippen molar-refractivity contribution in [2.45, 2.75) is 22.6 Å². The van der Waals surface area contributed by atoms with Gasteiger partial charge < -0.3 is 15.0 Å². The van der Waals surface area contributed by atoms with Crippen LogP contribution >= 0.6 is 46.3 Å².